The van der Waals surface area contributed by atoms with E-state index in [1.165, 1.54) is 14.2 Å². The number of nitrogens with zero attached hydrogens (tertiary/aromatic N) is 2. The molecule has 2 N–H and O–H groups in total. The zero-order valence-electron chi connectivity index (χ0n) is 24.7. The van der Waals surface area contributed by atoms with Gasteiger partial charge in [0.05, 0.1) is 37.6 Å². The molecule has 5 rings (SSSR count). The van der Waals surface area contributed by atoms with Gasteiger partial charge in [0.1, 0.15) is 0 Å². The van der Waals surface area contributed by atoms with Gasteiger partial charge in [-0.25, -0.2) is 9.78 Å². The van der Waals surface area contributed by atoms with Crippen LogP contribution in [0.4, 0.5) is 0 Å². The Morgan fingerprint density at radius 3 is 2.34 bits per heavy atom. The highest BCUT2D eigenvalue weighted by atomic mass is 16.5. The Hall–Kier alpha value is -4.46. The molecule has 8 heteroatoms. The molecule has 0 spiro atoms. The first kappa shape index (κ1) is 28.1. The maximum absolute atomic E-state index is 13.1. The van der Waals surface area contributed by atoms with Gasteiger partial charge >= 0.3 is 11.9 Å². The minimum Gasteiger partial charge on any atom is -0.469 e. The fraction of sp³-hybridized carbons (Fsp3) is 0.333. The van der Waals surface area contributed by atoms with Gasteiger partial charge in [0, 0.05) is 50.5 Å². The Kier molecular flexibility index (Phi) is 7.43. The van der Waals surface area contributed by atoms with Crippen LogP contribution in [-0.4, -0.2) is 46.1 Å². The topological polar surface area (TPSA) is 110 Å². The summed E-state index contributed by atoms with van der Waals surface area (Å²) in [6, 6.07) is 6.16. The van der Waals surface area contributed by atoms with Gasteiger partial charge in [-0.3, -0.25) is 9.78 Å². The second-order valence-corrected chi connectivity index (χ2v) is 10.7. The summed E-state index contributed by atoms with van der Waals surface area (Å²) in [6.45, 7) is 14.3. The normalized spacial score (nSPS) is 14.8. The van der Waals surface area contributed by atoms with E-state index in [1.807, 2.05) is 19.1 Å². The van der Waals surface area contributed by atoms with Gasteiger partial charge in [0.2, 0.25) is 0 Å². The smallest absolute Gasteiger partial charge is 0.340 e. The molecule has 0 aliphatic carbocycles. The lowest BCUT2D eigenvalue weighted by Gasteiger charge is -2.09. The van der Waals surface area contributed by atoms with Crippen LogP contribution in [0.3, 0.4) is 0 Å². The van der Waals surface area contributed by atoms with Crippen molar-refractivity contribution in [3.05, 3.63) is 75.4 Å². The van der Waals surface area contributed by atoms with Gasteiger partial charge in [0.15, 0.2) is 0 Å². The van der Waals surface area contributed by atoms with E-state index >= 15 is 0 Å². The van der Waals surface area contributed by atoms with Crippen LogP contribution in [-0.2, 0) is 38.3 Å². The number of nitrogens with one attached hydrogen (secondary N) is 2. The van der Waals surface area contributed by atoms with Crippen LogP contribution in [0, 0.1) is 13.8 Å². The second-order valence-electron chi connectivity index (χ2n) is 10.7. The highest BCUT2D eigenvalue weighted by Gasteiger charge is 2.30. The minimum absolute atomic E-state index is 0.0670. The number of rotatable bonds is 5. The number of allylic oxidation sites excluding steroid dienone is 1. The number of esters is 2. The summed E-state index contributed by atoms with van der Waals surface area (Å²) in [6.07, 6.45) is 3.21. The third kappa shape index (κ3) is 4.77. The summed E-state index contributed by atoms with van der Waals surface area (Å²) in [5, 5.41) is 0. The molecule has 41 heavy (non-hydrogen) atoms. The summed E-state index contributed by atoms with van der Waals surface area (Å²) in [7, 11) is 2.70. The van der Waals surface area contributed by atoms with Gasteiger partial charge in [0.25, 0.3) is 0 Å². The molecule has 3 aromatic rings. The predicted octanol–water partition coefficient (Wildman–Crippen LogP) is 6.30. The standard InChI is InChI=1S/C33H36N4O4/c1-9-20-17(4)24-13-23-16(3)11-27(34-23)22(12-30(38)40-7)32-31(33(39)41-8)19(6)26(37-32)15-29-21(10-2)18(5)25(36-29)14-28(20)35-24/h9,13-16,35-36H,1,10-12H2,2-8H3. The fourth-order valence-corrected chi connectivity index (χ4v) is 5.89. The van der Waals surface area contributed by atoms with Gasteiger partial charge in [-0.2, -0.15) is 0 Å². The Bertz CT molecular complexity index is 1810. The van der Waals surface area contributed by atoms with Crippen LogP contribution >= 0.6 is 0 Å². The highest BCUT2D eigenvalue weighted by Crippen LogP contribution is 2.36. The average Bonchev–Trinajstić information content (AvgIpc) is 3.65. The maximum atomic E-state index is 13.1. The van der Waals surface area contributed by atoms with Gasteiger partial charge < -0.3 is 19.4 Å². The number of carbonyl (C=O) groups is 2. The number of hydrogen-bond donors (Lipinski definition) is 2. The van der Waals surface area contributed by atoms with Crippen molar-refractivity contribution in [3.63, 3.8) is 0 Å². The largest absolute Gasteiger partial charge is 0.469 e. The van der Waals surface area contributed by atoms with Gasteiger partial charge in [-0.05, 0) is 74.1 Å². The van der Waals surface area contributed by atoms with E-state index in [2.05, 4.69) is 56.4 Å². The van der Waals surface area contributed by atoms with Crippen LogP contribution in [0.2, 0.25) is 0 Å². The van der Waals surface area contributed by atoms with Crippen molar-refractivity contribution in [2.24, 2.45) is 0 Å². The van der Waals surface area contributed by atoms with Crippen molar-refractivity contribution in [1.82, 2.24) is 19.9 Å². The Morgan fingerprint density at radius 2 is 1.68 bits per heavy atom. The number of ether oxygens (including phenoxy) is 2. The number of carbonyl (C=O) groups excluding carboxylic acids is 2. The monoisotopic (exact) mass is 552 g/mol. The van der Waals surface area contributed by atoms with Crippen molar-refractivity contribution in [3.8, 4) is 0 Å². The van der Waals surface area contributed by atoms with Crippen LogP contribution in [0.1, 0.15) is 77.3 Å². The van der Waals surface area contributed by atoms with Crippen molar-refractivity contribution in [1.29, 1.82) is 0 Å². The molecule has 1 atom stereocenters. The van der Waals surface area contributed by atoms with Crippen molar-refractivity contribution in [2.45, 2.75) is 59.8 Å². The van der Waals surface area contributed by atoms with Crippen LogP contribution in [0.15, 0.2) is 24.8 Å². The molecular formula is C33H36N4O4. The van der Waals surface area contributed by atoms with E-state index in [0.717, 1.165) is 56.4 Å². The molecule has 3 aromatic heterocycles. The lowest BCUT2D eigenvalue weighted by Crippen LogP contribution is -2.12. The maximum Gasteiger partial charge on any atom is 0.340 e. The van der Waals surface area contributed by atoms with E-state index < -0.39 is 11.9 Å². The lowest BCUT2D eigenvalue weighted by molar-refractivity contribution is -0.140. The number of hydrogen-bond acceptors (Lipinski definition) is 6. The number of aromatic amines is 2. The number of fused-ring (bicyclic) bond motifs is 8. The summed E-state index contributed by atoms with van der Waals surface area (Å²) in [4.78, 5) is 43.0. The van der Waals surface area contributed by atoms with Crippen molar-refractivity contribution < 1.29 is 19.1 Å². The first-order valence-corrected chi connectivity index (χ1v) is 13.9. The molecule has 8 bridgehead atoms. The first-order chi connectivity index (χ1) is 19.6. The Balaban J connectivity index is 2.03. The zero-order chi connectivity index (χ0) is 29.6. The molecule has 212 valence electrons. The fourth-order valence-electron chi connectivity index (χ4n) is 5.89. The number of aryl methyl sites for hydroxylation is 3. The zero-order valence-corrected chi connectivity index (χ0v) is 24.7. The van der Waals surface area contributed by atoms with Crippen LogP contribution < -0.4 is 0 Å². The Labute approximate surface area is 239 Å². The summed E-state index contributed by atoms with van der Waals surface area (Å²) in [5.41, 5.74) is 12.4. The molecule has 8 nitrogen and oxygen atoms in total. The predicted molar refractivity (Wildman–Crippen MR) is 162 cm³/mol. The van der Waals surface area contributed by atoms with E-state index in [4.69, 9.17) is 19.4 Å². The van der Waals surface area contributed by atoms with Crippen LogP contribution in [0.25, 0.3) is 39.3 Å². The summed E-state index contributed by atoms with van der Waals surface area (Å²) in [5.74, 6) is -0.858. The molecule has 2 aliphatic rings. The molecular weight excluding hydrogens is 516 g/mol. The summed E-state index contributed by atoms with van der Waals surface area (Å²) < 4.78 is 10.2. The third-order valence-electron chi connectivity index (χ3n) is 8.31. The van der Waals surface area contributed by atoms with Crippen LogP contribution in [0.5, 0.6) is 0 Å². The molecule has 5 heterocycles. The quantitative estimate of drug-likeness (QED) is 0.359. The molecule has 0 saturated heterocycles. The summed E-state index contributed by atoms with van der Waals surface area (Å²) >= 11 is 0. The molecule has 0 aromatic carbocycles. The lowest BCUT2D eigenvalue weighted by atomic mass is 9.97. The number of aromatic nitrogens is 4. The molecule has 0 radical (unpaired) electrons. The third-order valence-corrected chi connectivity index (χ3v) is 8.31. The van der Waals surface area contributed by atoms with E-state index in [1.54, 1.807) is 0 Å². The Morgan fingerprint density at radius 1 is 0.976 bits per heavy atom. The first-order valence-electron chi connectivity index (χ1n) is 13.9. The van der Waals surface area contributed by atoms with Crippen molar-refractivity contribution >= 4 is 51.2 Å². The molecule has 1 unspecified atom stereocenters. The minimum atomic E-state index is -0.508. The second kappa shape index (κ2) is 10.8. The number of methoxy groups -OCH3 is 2. The van der Waals surface area contributed by atoms with Gasteiger partial charge in [-0.15, -0.1) is 0 Å². The highest BCUT2D eigenvalue weighted by molar-refractivity contribution is 6.25. The van der Waals surface area contributed by atoms with Crippen molar-refractivity contribution in [2.75, 3.05) is 14.2 Å². The van der Waals surface area contributed by atoms with E-state index in [0.29, 0.717) is 40.2 Å². The number of H-pyrrole nitrogens is 2. The van der Waals surface area contributed by atoms with E-state index in [9.17, 15) is 9.59 Å². The van der Waals surface area contributed by atoms with E-state index in [-0.39, 0.29) is 12.3 Å². The molecule has 0 amide bonds. The van der Waals surface area contributed by atoms with Gasteiger partial charge in [-0.1, -0.05) is 26.5 Å². The molecule has 0 fully saturated rings. The molecule has 2 aliphatic heterocycles. The SMILES string of the molecule is C=Cc1c(C)c2cc3nc(c(CC(=O)OC)c4nc(cc5[nH]c(cc1[nH]2)c(C)c5CC)C(C)=C4C(=O)OC)CC3C. The molecule has 0 saturated carbocycles. The average molecular weight is 553 g/mol.